The van der Waals surface area contributed by atoms with Crippen LogP contribution in [-0.2, 0) is 4.79 Å². The minimum Gasteiger partial charge on any atom is -0.453 e. The van der Waals surface area contributed by atoms with E-state index in [0.717, 1.165) is 12.1 Å². The van der Waals surface area contributed by atoms with Crippen LogP contribution < -0.4 is 10.1 Å². The molecule has 1 N–H and O–H groups in total. The Morgan fingerprint density at radius 1 is 1.18 bits per heavy atom. The molecule has 1 amide bonds. The number of anilines is 1. The second kappa shape index (κ2) is 9.76. The highest BCUT2D eigenvalue weighted by atomic mass is 19.3. The Balaban J connectivity index is 1.38. The van der Waals surface area contributed by atoms with E-state index in [4.69, 9.17) is 4.74 Å². The Hall–Kier alpha value is -3.53. The average Bonchev–Trinajstić information content (AvgIpc) is 2.82. The number of aromatic nitrogens is 2. The van der Waals surface area contributed by atoms with Gasteiger partial charge in [0.25, 0.3) is 5.92 Å². The minimum absolute atomic E-state index is 0.0229. The Bertz CT molecular complexity index is 1150. The molecule has 1 aliphatic heterocycles. The lowest BCUT2D eigenvalue weighted by Crippen LogP contribution is -2.52. The van der Waals surface area contributed by atoms with Crippen LogP contribution in [0.4, 0.5) is 23.4 Å². The molecule has 2 aromatic heterocycles. The second-order valence-electron chi connectivity index (χ2n) is 8.06. The highest BCUT2D eigenvalue weighted by molar-refractivity contribution is 5.93. The molecular weight excluding hydrogens is 452 g/mol. The van der Waals surface area contributed by atoms with Gasteiger partial charge in [-0.05, 0) is 48.9 Å². The number of hydrogen-bond acceptors (Lipinski definition) is 5. The first-order chi connectivity index (χ1) is 16.2. The predicted octanol–water partition coefficient (Wildman–Crippen LogP) is 5.00. The topological polar surface area (TPSA) is 67.3 Å². The molecule has 2 atom stereocenters. The molecule has 0 saturated carbocycles. The summed E-state index contributed by atoms with van der Waals surface area (Å²) >= 11 is 0. The van der Waals surface area contributed by atoms with Crippen LogP contribution in [0.25, 0.3) is 0 Å². The van der Waals surface area contributed by atoms with Crippen molar-refractivity contribution in [3.05, 3.63) is 78.3 Å². The number of benzene rings is 1. The number of ether oxygens (including phenoxy) is 1. The lowest BCUT2D eigenvalue weighted by atomic mass is 9.87. The summed E-state index contributed by atoms with van der Waals surface area (Å²) in [5, 5.41) is 2.66. The molecule has 0 bridgehead atoms. The van der Waals surface area contributed by atoms with Crippen molar-refractivity contribution in [2.45, 2.75) is 31.2 Å². The molecule has 3 heterocycles. The molecule has 0 aliphatic carbocycles. The van der Waals surface area contributed by atoms with Gasteiger partial charge in [0.15, 0.2) is 11.6 Å². The number of carbonyl (C=O) groups is 1. The summed E-state index contributed by atoms with van der Waals surface area (Å²) in [6.45, 7) is 1.75. The standard InChI is InChI=1S/C24H22F4N4O2/c1-15(32-11-8-24(27,28)19(14-32)16-6-9-29-10-7-16)23(33)31-22-5-3-18(13-30-22)34-21-4-2-17(25)12-20(21)26/h2-7,9-10,12-13,15,19H,8,11,14H2,1H3,(H,30,31,33)/t15?,19-/m1/s1. The zero-order valence-electron chi connectivity index (χ0n) is 18.2. The number of halogens is 4. The number of pyridine rings is 2. The fourth-order valence-corrected chi connectivity index (χ4v) is 3.82. The SMILES string of the molecule is CC(C(=O)Nc1ccc(Oc2ccc(F)cc2F)cn1)N1CCC(F)(F)[C@@H](c2ccncc2)C1. The van der Waals surface area contributed by atoms with Crippen molar-refractivity contribution in [1.29, 1.82) is 0 Å². The van der Waals surface area contributed by atoms with Crippen LogP contribution in [0, 0.1) is 11.6 Å². The summed E-state index contributed by atoms with van der Waals surface area (Å²) in [6.07, 6.45) is 3.87. The number of hydrogen-bond donors (Lipinski definition) is 1. The predicted molar refractivity (Wildman–Crippen MR) is 117 cm³/mol. The first-order valence-corrected chi connectivity index (χ1v) is 10.6. The fourth-order valence-electron chi connectivity index (χ4n) is 3.82. The number of likely N-dealkylation sites (tertiary alicyclic amines) is 1. The van der Waals surface area contributed by atoms with E-state index in [0.29, 0.717) is 11.6 Å². The van der Waals surface area contributed by atoms with Crippen LogP contribution in [0.3, 0.4) is 0 Å². The molecule has 4 rings (SSSR count). The van der Waals surface area contributed by atoms with E-state index in [9.17, 15) is 22.4 Å². The molecule has 6 nitrogen and oxygen atoms in total. The molecule has 1 aromatic carbocycles. The molecule has 1 fully saturated rings. The van der Waals surface area contributed by atoms with Crippen molar-refractivity contribution in [2.75, 3.05) is 18.4 Å². The first kappa shape index (κ1) is 23.6. The van der Waals surface area contributed by atoms with Crippen LogP contribution in [0.5, 0.6) is 11.5 Å². The lowest BCUT2D eigenvalue weighted by molar-refractivity contribution is -0.125. The number of amides is 1. The van der Waals surface area contributed by atoms with E-state index in [1.807, 2.05) is 0 Å². The third-order valence-corrected chi connectivity index (χ3v) is 5.80. The second-order valence-corrected chi connectivity index (χ2v) is 8.06. The summed E-state index contributed by atoms with van der Waals surface area (Å²) in [7, 11) is 0. The molecule has 1 unspecified atom stereocenters. The van der Waals surface area contributed by atoms with Crippen molar-refractivity contribution in [3.63, 3.8) is 0 Å². The first-order valence-electron chi connectivity index (χ1n) is 10.6. The smallest absolute Gasteiger partial charge is 0.257 e. The number of nitrogens with one attached hydrogen (secondary N) is 1. The highest BCUT2D eigenvalue weighted by Crippen LogP contribution is 2.40. The lowest BCUT2D eigenvalue weighted by Gasteiger charge is -2.40. The molecule has 0 radical (unpaired) electrons. The Morgan fingerprint density at radius 2 is 1.94 bits per heavy atom. The van der Waals surface area contributed by atoms with Gasteiger partial charge in [-0.3, -0.25) is 14.7 Å². The molecule has 1 aliphatic rings. The number of nitrogens with zero attached hydrogens (tertiary/aromatic N) is 3. The van der Waals surface area contributed by atoms with Crippen molar-refractivity contribution in [1.82, 2.24) is 14.9 Å². The molecule has 10 heteroatoms. The van der Waals surface area contributed by atoms with E-state index in [2.05, 4.69) is 15.3 Å². The van der Waals surface area contributed by atoms with Gasteiger partial charge in [0.05, 0.1) is 18.2 Å². The summed E-state index contributed by atoms with van der Waals surface area (Å²) in [4.78, 5) is 22.4. The van der Waals surface area contributed by atoms with E-state index >= 15 is 0 Å². The maximum atomic E-state index is 14.6. The summed E-state index contributed by atoms with van der Waals surface area (Å²) < 4.78 is 61.2. The van der Waals surface area contributed by atoms with Gasteiger partial charge >= 0.3 is 0 Å². The van der Waals surface area contributed by atoms with Gasteiger partial charge in [0, 0.05) is 38.0 Å². The third kappa shape index (κ3) is 5.33. The maximum absolute atomic E-state index is 14.6. The number of alkyl halides is 2. The molecule has 1 saturated heterocycles. The van der Waals surface area contributed by atoms with Crippen molar-refractivity contribution in [2.24, 2.45) is 0 Å². The van der Waals surface area contributed by atoms with Gasteiger partial charge in [-0.1, -0.05) is 0 Å². The van der Waals surface area contributed by atoms with Crippen molar-refractivity contribution >= 4 is 11.7 Å². The molecule has 178 valence electrons. The van der Waals surface area contributed by atoms with Crippen LogP contribution in [-0.4, -0.2) is 45.8 Å². The zero-order chi connectivity index (χ0) is 24.3. The zero-order valence-corrected chi connectivity index (χ0v) is 18.2. The maximum Gasteiger partial charge on any atom is 0.257 e. The third-order valence-electron chi connectivity index (χ3n) is 5.80. The van der Waals surface area contributed by atoms with Crippen molar-refractivity contribution < 1.29 is 27.1 Å². The Morgan fingerprint density at radius 3 is 2.62 bits per heavy atom. The molecular formula is C24H22F4N4O2. The van der Waals surface area contributed by atoms with Gasteiger partial charge in [0.2, 0.25) is 5.91 Å². The fraction of sp³-hybridized carbons (Fsp3) is 0.292. The van der Waals surface area contributed by atoms with Crippen LogP contribution >= 0.6 is 0 Å². The number of rotatable bonds is 6. The van der Waals surface area contributed by atoms with Crippen molar-refractivity contribution in [3.8, 4) is 11.5 Å². The van der Waals surface area contributed by atoms with E-state index in [1.54, 1.807) is 24.0 Å². The largest absolute Gasteiger partial charge is 0.453 e. The number of piperidine rings is 1. The van der Waals surface area contributed by atoms with E-state index in [-0.39, 0.29) is 36.8 Å². The van der Waals surface area contributed by atoms with Crippen LogP contribution in [0.1, 0.15) is 24.8 Å². The van der Waals surface area contributed by atoms with E-state index < -0.39 is 35.4 Å². The van der Waals surface area contributed by atoms with Gasteiger partial charge in [0.1, 0.15) is 17.4 Å². The van der Waals surface area contributed by atoms with Gasteiger partial charge in [-0.2, -0.15) is 0 Å². The molecule has 3 aromatic rings. The summed E-state index contributed by atoms with van der Waals surface area (Å²) in [5.74, 6) is -5.66. The Labute approximate surface area is 193 Å². The van der Waals surface area contributed by atoms with Crippen LogP contribution in [0.2, 0.25) is 0 Å². The van der Waals surface area contributed by atoms with Crippen LogP contribution in [0.15, 0.2) is 61.1 Å². The Kier molecular flexibility index (Phi) is 6.78. The van der Waals surface area contributed by atoms with E-state index in [1.165, 1.54) is 30.7 Å². The molecule has 34 heavy (non-hydrogen) atoms. The normalized spacial score (nSPS) is 18.8. The van der Waals surface area contributed by atoms with Gasteiger partial charge in [-0.25, -0.2) is 22.5 Å². The summed E-state index contributed by atoms with van der Waals surface area (Å²) in [6, 6.07) is 8.32. The monoisotopic (exact) mass is 474 g/mol. The minimum atomic E-state index is -2.88. The van der Waals surface area contributed by atoms with Gasteiger partial charge in [-0.15, -0.1) is 0 Å². The summed E-state index contributed by atoms with van der Waals surface area (Å²) in [5.41, 5.74) is 0.479. The van der Waals surface area contributed by atoms with Gasteiger partial charge < -0.3 is 10.1 Å². The molecule has 0 spiro atoms. The quantitative estimate of drug-likeness (QED) is 0.510. The highest BCUT2D eigenvalue weighted by Gasteiger charge is 2.46. The average molecular weight is 474 g/mol. The number of carbonyl (C=O) groups excluding carboxylic acids is 1.